The number of nitrogens with one attached hydrogen (secondary N) is 2. The van der Waals surface area contributed by atoms with Crippen molar-refractivity contribution in [1.82, 2.24) is 14.8 Å². The summed E-state index contributed by atoms with van der Waals surface area (Å²) in [4.78, 5) is 26.6. The highest BCUT2D eigenvalue weighted by molar-refractivity contribution is 5.95. The van der Waals surface area contributed by atoms with Crippen molar-refractivity contribution in [2.75, 3.05) is 25.0 Å². The Bertz CT molecular complexity index is 792. The Kier molecular flexibility index (Phi) is 5.42. The average molecular weight is 354 g/mol. The molecule has 0 bridgehead atoms. The fourth-order valence-electron chi connectivity index (χ4n) is 3.46. The maximum atomic E-state index is 12.3. The van der Waals surface area contributed by atoms with Gasteiger partial charge in [0.2, 0.25) is 11.8 Å². The van der Waals surface area contributed by atoms with Crippen LogP contribution < -0.4 is 10.6 Å². The number of anilines is 1. The third-order valence-corrected chi connectivity index (χ3v) is 5.01. The summed E-state index contributed by atoms with van der Waals surface area (Å²) >= 11 is 0. The second kappa shape index (κ2) is 7.74. The second-order valence-corrected chi connectivity index (χ2v) is 6.86. The molecule has 1 atom stereocenters. The molecule has 1 aromatic heterocycles. The van der Waals surface area contributed by atoms with Gasteiger partial charge in [0.05, 0.1) is 13.1 Å². The lowest BCUT2D eigenvalue weighted by Crippen LogP contribution is -2.44. The van der Waals surface area contributed by atoms with Crippen molar-refractivity contribution in [2.24, 2.45) is 0 Å². The van der Waals surface area contributed by atoms with Crippen LogP contribution in [0.3, 0.4) is 0 Å². The molecule has 6 nitrogen and oxygen atoms in total. The zero-order valence-corrected chi connectivity index (χ0v) is 15.6. The number of carbonyl (C=O) groups is 2. The van der Waals surface area contributed by atoms with Crippen molar-refractivity contribution in [3.8, 4) is 0 Å². The van der Waals surface area contributed by atoms with E-state index in [1.54, 1.807) is 0 Å². The van der Waals surface area contributed by atoms with Crippen molar-refractivity contribution in [1.29, 1.82) is 0 Å². The highest BCUT2D eigenvalue weighted by Crippen LogP contribution is 2.24. The zero-order chi connectivity index (χ0) is 18.7. The molecule has 3 rings (SSSR count). The number of nitrogens with zero attached hydrogens (tertiary/aromatic N) is 2. The molecule has 1 unspecified atom stereocenters. The maximum Gasteiger partial charge on any atom is 0.243 e. The number of aryl methyl sites for hydroxylation is 2. The predicted molar refractivity (Wildman–Crippen MR) is 102 cm³/mol. The Morgan fingerprint density at radius 2 is 1.81 bits per heavy atom. The van der Waals surface area contributed by atoms with Crippen LogP contribution in [0, 0.1) is 13.8 Å². The van der Waals surface area contributed by atoms with Gasteiger partial charge in [-0.25, -0.2) is 0 Å². The number of hydrogen-bond acceptors (Lipinski definition) is 3. The van der Waals surface area contributed by atoms with Gasteiger partial charge < -0.3 is 15.2 Å². The Morgan fingerprint density at radius 1 is 1.08 bits per heavy atom. The normalized spacial score (nSPS) is 16.8. The molecule has 2 amide bonds. The molecule has 138 valence electrons. The molecule has 6 heteroatoms. The topological polar surface area (TPSA) is 66.4 Å². The van der Waals surface area contributed by atoms with Crippen LogP contribution >= 0.6 is 0 Å². The van der Waals surface area contributed by atoms with Crippen molar-refractivity contribution in [3.05, 3.63) is 53.3 Å². The maximum absolute atomic E-state index is 12.3. The molecular weight excluding hydrogens is 328 g/mol. The number of fused-ring (bicyclic) bond motifs is 1. The highest BCUT2D eigenvalue weighted by atomic mass is 16.2. The van der Waals surface area contributed by atoms with Gasteiger partial charge in [-0.05, 0) is 44.0 Å². The van der Waals surface area contributed by atoms with E-state index in [2.05, 4.69) is 39.3 Å². The van der Waals surface area contributed by atoms with Crippen LogP contribution in [0.15, 0.2) is 36.5 Å². The van der Waals surface area contributed by atoms with Crippen LogP contribution in [0.5, 0.6) is 0 Å². The summed E-state index contributed by atoms with van der Waals surface area (Å²) in [6, 6.07) is 10.2. The standard InChI is InChI=1S/C20H26N4O2/c1-14-6-4-7-15(2)20(14)22-18(25)12-21-19(26)13-24-11-10-23-9-5-8-17(23)16(24)3/h4-9,16H,10-13H2,1-3H3,(H,21,26)(H,22,25). The van der Waals surface area contributed by atoms with E-state index in [0.717, 1.165) is 29.9 Å². The molecule has 0 spiro atoms. The first-order valence-corrected chi connectivity index (χ1v) is 8.97. The summed E-state index contributed by atoms with van der Waals surface area (Å²) < 4.78 is 2.22. The first kappa shape index (κ1) is 18.2. The van der Waals surface area contributed by atoms with E-state index in [9.17, 15) is 9.59 Å². The third kappa shape index (κ3) is 3.96. The minimum absolute atomic E-state index is 0.0226. The van der Waals surface area contributed by atoms with Crippen LogP contribution in [-0.2, 0) is 16.1 Å². The van der Waals surface area contributed by atoms with Gasteiger partial charge in [-0.1, -0.05) is 18.2 Å². The summed E-state index contributed by atoms with van der Waals surface area (Å²) in [6.45, 7) is 7.99. The van der Waals surface area contributed by atoms with E-state index in [0.29, 0.717) is 6.54 Å². The van der Waals surface area contributed by atoms with Gasteiger partial charge in [-0.2, -0.15) is 0 Å². The Hall–Kier alpha value is -2.60. The quantitative estimate of drug-likeness (QED) is 0.865. The number of para-hydroxylation sites is 1. The molecule has 0 radical (unpaired) electrons. The van der Waals surface area contributed by atoms with Gasteiger partial charge in [0.25, 0.3) is 0 Å². The number of aromatic nitrogens is 1. The molecule has 0 aliphatic carbocycles. The lowest BCUT2D eigenvalue weighted by Gasteiger charge is -2.34. The van der Waals surface area contributed by atoms with Crippen LogP contribution in [-0.4, -0.2) is 40.9 Å². The number of amides is 2. The summed E-state index contributed by atoms with van der Waals surface area (Å²) in [6.07, 6.45) is 2.07. The molecule has 0 fully saturated rings. The zero-order valence-electron chi connectivity index (χ0n) is 15.6. The molecule has 1 aromatic carbocycles. The largest absolute Gasteiger partial charge is 0.349 e. The summed E-state index contributed by atoms with van der Waals surface area (Å²) in [7, 11) is 0. The van der Waals surface area contributed by atoms with Gasteiger partial charge in [-0.15, -0.1) is 0 Å². The van der Waals surface area contributed by atoms with E-state index < -0.39 is 0 Å². The first-order chi connectivity index (χ1) is 12.5. The van der Waals surface area contributed by atoms with Crippen LogP contribution in [0.25, 0.3) is 0 Å². The molecule has 2 aromatic rings. The molecule has 2 heterocycles. The first-order valence-electron chi connectivity index (χ1n) is 8.97. The van der Waals surface area contributed by atoms with E-state index in [4.69, 9.17) is 0 Å². The summed E-state index contributed by atoms with van der Waals surface area (Å²) in [5.41, 5.74) is 4.05. The summed E-state index contributed by atoms with van der Waals surface area (Å²) in [5, 5.41) is 5.61. The Balaban J connectivity index is 1.49. The minimum Gasteiger partial charge on any atom is -0.349 e. The predicted octanol–water partition coefficient (Wildman–Crippen LogP) is 2.24. The van der Waals surface area contributed by atoms with Gasteiger partial charge in [0.1, 0.15) is 0 Å². The van der Waals surface area contributed by atoms with Gasteiger partial charge in [0.15, 0.2) is 0 Å². The van der Waals surface area contributed by atoms with E-state index >= 15 is 0 Å². The molecule has 0 saturated heterocycles. The average Bonchev–Trinajstić information content (AvgIpc) is 3.08. The minimum atomic E-state index is -0.212. The van der Waals surface area contributed by atoms with Crippen LogP contribution in [0.1, 0.15) is 29.8 Å². The highest BCUT2D eigenvalue weighted by Gasteiger charge is 2.25. The number of rotatable bonds is 5. The SMILES string of the molecule is Cc1cccc(C)c1NC(=O)CNC(=O)CN1CCn2cccc2C1C. The second-order valence-electron chi connectivity index (χ2n) is 6.86. The van der Waals surface area contributed by atoms with E-state index in [1.807, 2.05) is 38.1 Å². The monoisotopic (exact) mass is 354 g/mol. The molecular formula is C20H26N4O2. The van der Waals surface area contributed by atoms with Crippen molar-refractivity contribution < 1.29 is 9.59 Å². The fraction of sp³-hybridized carbons (Fsp3) is 0.400. The molecule has 26 heavy (non-hydrogen) atoms. The Labute approximate surface area is 154 Å². The fourth-order valence-corrected chi connectivity index (χ4v) is 3.46. The van der Waals surface area contributed by atoms with Crippen LogP contribution in [0.2, 0.25) is 0 Å². The van der Waals surface area contributed by atoms with E-state index in [1.165, 1.54) is 5.69 Å². The lowest BCUT2D eigenvalue weighted by molar-refractivity contribution is -0.125. The Morgan fingerprint density at radius 3 is 2.54 bits per heavy atom. The van der Waals surface area contributed by atoms with Crippen molar-refractivity contribution in [2.45, 2.75) is 33.4 Å². The molecule has 0 saturated carbocycles. The van der Waals surface area contributed by atoms with E-state index in [-0.39, 0.29) is 24.4 Å². The van der Waals surface area contributed by atoms with Gasteiger partial charge >= 0.3 is 0 Å². The van der Waals surface area contributed by atoms with Crippen LogP contribution in [0.4, 0.5) is 5.69 Å². The molecule has 1 aliphatic heterocycles. The third-order valence-electron chi connectivity index (χ3n) is 5.01. The summed E-state index contributed by atoms with van der Waals surface area (Å²) in [5.74, 6) is -0.343. The smallest absolute Gasteiger partial charge is 0.243 e. The number of benzene rings is 1. The molecule has 1 aliphatic rings. The van der Waals surface area contributed by atoms with Gasteiger partial charge in [-0.3, -0.25) is 14.5 Å². The molecule has 2 N–H and O–H groups in total. The van der Waals surface area contributed by atoms with Gasteiger partial charge in [0, 0.05) is 36.7 Å². The number of hydrogen-bond donors (Lipinski definition) is 2. The lowest BCUT2D eigenvalue weighted by atomic mass is 10.1. The van der Waals surface area contributed by atoms with Crippen molar-refractivity contribution >= 4 is 17.5 Å². The van der Waals surface area contributed by atoms with Crippen molar-refractivity contribution in [3.63, 3.8) is 0 Å². The number of carbonyl (C=O) groups excluding carboxylic acids is 2.